The quantitative estimate of drug-likeness (QED) is 0.682. The van der Waals surface area contributed by atoms with Crippen molar-refractivity contribution in [3.8, 4) is 11.9 Å². The van der Waals surface area contributed by atoms with Crippen LogP contribution < -0.4 is 4.74 Å². The van der Waals surface area contributed by atoms with Crippen LogP contribution >= 0.6 is 0 Å². The van der Waals surface area contributed by atoms with Gasteiger partial charge in [-0.1, -0.05) is 20.8 Å². The fraction of sp³-hybridized carbons (Fsp3) is 0.455. The van der Waals surface area contributed by atoms with Gasteiger partial charge in [0.2, 0.25) is 5.88 Å². The maximum absolute atomic E-state index is 9.02. The number of pyridine rings is 1. The Kier molecular flexibility index (Phi) is 2.76. The van der Waals surface area contributed by atoms with Gasteiger partial charge in [0, 0.05) is 6.20 Å². The van der Waals surface area contributed by atoms with Crippen LogP contribution in [0.2, 0.25) is 0 Å². The highest BCUT2D eigenvalue weighted by atomic mass is 16.5. The van der Waals surface area contributed by atoms with Gasteiger partial charge in [0.05, 0.1) is 7.11 Å². The molecule has 0 aliphatic carbocycles. The van der Waals surface area contributed by atoms with Crippen molar-refractivity contribution in [1.82, 2.24) is 4.98 Å². The van der Waals surface area contributed by atoms with Crippen LogP contribution in [0.25, 0.3) is 0 Å². The van der Waals surface area contributed by atoms with E-state index in [2.05, 4.69) is 31.8 Å². The third-order valence-electron chi connectivity index (χ3n) is 2.03. The molecule has 0 radical (unpaired) electrons. The summed E-state index contributed by atoms with van der Waals surface area (Å²) in [6.45, 7) is 6.17. The minimum Gasteiger partial charge on any atom is -0.480 e. The number of rotatable bonds is 1. The van der Waals surface area contributed by atoms with E-state index in [1.807, 2.05) is 6.07 Å². The van der Waals surface area contributed by atoms with E-state index in [4.69, 9.17) is 10.00 Å². The highest BCUT2D eigenvalue weighted by Gasteiger charge is 2.20. The van der Waals surface area contributed by atoms with E-state index < -0.39 is 0 Å². The molecule has 0 unspecified atom stereocenters. The van der Waals surface area contributed by atoms with Crippen molar-refractivity contribution < 1.29 is 4.74 Å². The van der Waals surface area contributed by atoms with E-state index in [9.17, 15) is 0 Å². The molecule has 0 saturated carbocycles. The summed E-state index contributed by atoms with van der Waals surface area (Å²) in [5.41, 5.74) is 1.43. The van der Waals surface area contributed by atoms with Crippen LogP contribution in [0.4, 0.5) is 0 Å². The van der Waals surface area contributed by atoms with E-state index >= 15 is 0 Å². The molecule has 0 fully saturated rings. The van der Waals surface area contributed by atoms with Crippen LogP contribution in [0.1, 0.15) is 31.9 Å². The number of nitrogens with zero attached hydrogens (tertiary/aromatic N) is 2. The molecular formula is C11H14N2O. The average Bonchev–Trinajstić information content (AvgIpc) is 2.15. The van der Waals surface area contributed by atoms with Gasteiger partial charge in [0.25, 0.3) is 0 Å². The van der Waals surface area contributed by atoms with Crippen LogP contribution in [-0.4, -0.2) is 12.1 Å². The van der Waals surface area contributed by atoms with Gasteiger partial charge >= 0.3 is 0 Å². The van der Waals surface area contributed by atoms with Crippen molar-refractivity contribution >= 4 is 0 Å². The third-order valence-corrected chi connectivity index (χ3v) is 2.03. The number of hydrogen-bond acceptors (Lipinski definition) is 3. The van der Waals surface area contributed by atoms with E-state index in [1.165, 1.54) is 7.11 Å². The summed E-state index contributed by atoms with van der Waals surface area (Å²) in [4.78, 5) is 4.00. The van der Waals surface area contributed by atoms with Gasteiger partial charge in [-0.3, -0.25) is 0 Å². The minimum atomic E-state index is -0.0682. The lowest BCUT2D eigenvalue weighted by atomic mass is 9.85. The predicted molar refractivity (Wildman–Crippen MR) is 54.2 cm³/mol. The number of hydrogen-bond donors (Lipinski definition) is 0. The zero-order chi connectivity index (χ0) is 10.8. The SMILES string of the molecule is COc1nccc(C(C)(C)C)c1C#N. The van der Waals surface area contributed by atoms with Crippen molar-refractivity contribution in [2.45, 2.75) is 26.2 Å². The molecule has 0 amide bonds. The first-order chi connectivity index (χ1) is 6.50. The molecule has 0 atom stereocenters. The van der Waals surface area contributed by atoms with Gasteiger partial charge in [-0.2, -0.15) is 5.26 Å². The Morgan fingerprint density at radius 1 is 1.43 bits per heavy atom. The summed E-state index contributed by atoms with van der Waals surface area (Å²) < 4.78 is 5.04. The molecule has 0 saturated heterocycles. The Bertz CT molecular complexity index is 372. The monoisotopic (exact) mass is 190 g/mol. The van der Waals surface area contributed by atoms with E-state index in [0.717, 1.165) is 5.56 Å². The highest BCUT2D eigenvalue weighted by Crippen LogP contribution is 2.29. The second-order valence-corrected chi connectivity index (χ2v) is 4.10. The van der Waals surface area contributed by atoms with Gasteiger partial charge in [-0.25, -0.2) is 4.98 Å². The standard InChI is InChI=1S/C11H14N2O/c1-11(2,3)9-5-6-13-10(14-4)8(9)7-12/h5-6H,1-4H3. The molecule has 0 N–H and O–H groups in total. The molecule has 1 aromatic rings. The smallest absolute Gasteiger partial charge is 0.231 e. The predicted octanol–water partition coefficient (Wildman–Crippen LogP) is 2.26. The first kappa shape index (κ1) is 10.5. The molecule has 74 valence electrons. The van der Waals surface area contributed by atoms with Crippen LogP contribution in [0.15, 0.2) is 12.3 Å². The van der Waals surface area contributed by atoms with Crippen LogP contribution in [0, 0.1) is 11.3 Å². The number of ether oxygens (including phenoxy) is 1. The van der Waals surface area contributed by atoms with Crippen molar-refractivity contribution in [2.24, 2.45) is 0 Å². The average molecular weight is 190 g/mol. The van der Waals surface area contributed by atoms with E-state index in [1.54, 1.807) is 6.20 Å². The van der Waals surface area contributed by atoms with Gasteiger partial charge in [0.15, 0.2) is 0 Å². The molecule has 3 nitrogen and oxygen atoms in total. The Labute approximate surface area is 84.3 Å². The fourth-order valence-electron chi connectivity index (χ4n) is 1.33. The van der Waals surface area contributed by atoms with Gasteiger partial charge in [-0.15, -0.1) is 0 Å². The maximum Gasteiger partial charge on any atom is 0.231 e. The normalized spacial score (nSPS) is 10.8. The maximum atomic E-state index is 9.02. The minimum absolute atomic E-state index is 0.0682. The number of methoxy groups -OCH3 is 1. The molecule has 14 heavy (non-hydrogen) atoms. The molecule has 1 heterocycles. The Balaban J connectivity index is 3.39. The number of aromatic nitrogens is 1. The van der Waals surface area contributed by atoms with Crippen molar-refractivity contribution in [2.75, 3.05) is 7.11 Å². The fourth-order valence-corrected chi connectivity index (χ4v) is 1.33. The summed E-state index contributed by atoms with van der Waals surface area (Å²) in [6.07, 6.45) is 1.67. The summed E-state index contributed by atoms with van der Waals surface area (Å²) in [5, 5.41) is 9.02. The first-order valence-corrected chi connectivity index (χ1v) is 4.44. The second-order valence-electron chi connectivity index (χ2n) is 4.10. The molecule has 1 aromatic heterocycles. The van der Waals surface area contributed by atoms with Crippen molar-refractivity contribution in [1.29, 1.82) is 5.26 Å². The van der Waals surface area contributed by atoms with Gasteiger partial charge in [-0.05, 0) is 17.0 Å². The second kappa shape index (κ2) is 3.67. The van der Waals surface area contributed by atoms with Gasteiger partial charge in [0.1, 0.15) is 11.6 Å². The van der Waals surface area contributed by atoms with Crippen molar-refractivity contribution in [3.63, 3.8) is 0 Å². The lowest BCUT2D eigenvalue weighted by Crippen LogP contribution is -2.14. The Hall–Kier alpha value is -1.56. The van der Waals surface area contributed by atoms with E-state index in [-0.39, 0.29) is 5.41 Å². The number of nitriles is 1. The highest BCUT2D eigenvalue weighted by molar-refractivity contribution is 5.47. The summed E-state index contributed by atoms with van der Waals surface area (Å²) in [6, 6.07) is 4.00. The molecule has 0 bridgehead atoms. The summed E-state index contributed by atoms with van der Waals surface area (Å²) in [7, 11) is 1.52. The van der Waals surface area contributed by atoms with E-state index in [0.29, 0.717) is 11.4 Å². The summed E-state index contributed by atoms with van der Waals surface area (Å²) >= 11 is 0. The largest absolute Gasteiger partial charge is 0.480 e. The molecule has 3 heteroatoms. The van der Waals surface area contributed by atoms with Crippen LogP contribution in [0.5, 0.6) is 5.88 Å². The summed E-state index contributed by atoms with van der Waals surface area (Å²) in [5.74, 6) is 0.403. The molecular weight excluding hydrogens is 176 g/mol. The topological polar surface area (TPSA) is 45.9 Å². The molecule has 0 aliphatic rings. The Morgan fingerprint density at radius 3 is 2.50 bits per heavy atom. The lowest BCUT2D eigenvalue weighted by molar-refractivity contribution is 0.394. The first-order valence-electron chi connectivity index (χ1n) is 4.44. The van der Waals surface area contributed by atoms with Crippen molar-refractivity contribution in [3.05, 3.63) is 23.4 Å². The molecule has 0 aromatic carbocycles. The molecule has 1 rings (SSSR count). The van der Waals surface area contributed by atoms with Gasteiger partial charge < -0.3 is 4.74 Å². The zero-order valence-corrected chi connectivity index (χ0v) is 8.96. The lowest BCUT2D eigenvalue weighted by Gasteiger charge is -2.20. The van der Waals surface area contributed by atoms with Crippen LogP contribution in [-0.2, 0) is 5.41 Å². The third kappa shape index (κ3) is 1.85. The zero-order valence-electron chi connectivity index (χ0n) is 8.96. The molecule has 0 spiro atoms. The van der Waals surface area contributed by atoms with Crippen LogP contribution in [0.3, 0.4) is 0 Å². The molecule has 0 aliphatic heterocycles. The Morgan fingerprint density at radius 2 is 2.07 bits per heavy atom.